The lowest BCUT2D eigenvalue weighted by Gasteiger charge is -2.12. The van der Waals surface area contributed by atoms with Gasteiger partial charge in [-0.3, -0.25) is 4.98 Å². The van der Waals surface area contributed by atoms with E-state index in [1.165, 1.54) is 6.92 Å². The first-order chi connectivity index (χ1) is 6.99. The number of hydrogen-bond acceptors (Lipinski definition) is 3. The third kappa shape index (κ3) is 2.10. The van der Waals surface area contributed by atoms with E-state index in [4.69, 9.17) is 10.8 Å². The van der Waals surface area contributed by atoms with E-state index in [-0.39, 0.29) is 28.9 Å². The van der Waals surface area contributed by atoms with Crippen molar-refractivity contribution in [3.8, 4) is 0 Å². The third-order valence-corrected chi connectivity index (χ3v) is 2.08. The van der Waals surface area contributed by atoms with Crippen molar-refractivity contribution in [2.75, 3.05) is 0 Å². The fourth-order valence-corrected chi connectivity index (χ4v) is 1.37. The number of carboxylic acid groups (broad SMARTS) is 1. The van der Waals surface area contributed by atoms with Crippen LogP contribution in [-0.2, 0) is 6.54 Å². The van der Waals surface area contributed by atoms with Crippen LogP contribution in [0.25, 0.3) is 0 Å². The molecule has 0 aromatic carbocycles. The molecule has 0 aliphatic rings. The Morgan fingerprint density at radius 2 is 2.27 bits per heavy atom. The molecule has 3 N–H and O–H groups in total. The Balaban J connectivity index is 3.47. The van der Waals surface area contributed by atoms with Gasteiger partial charge in [-0.05, 0) is 12.5 Å². The fourth-order valence-electron chi connectivity index (χ4n) is 1.37. The van der Waals surface area contributed by atoms with Crippen LogP contribution in [0.4, 0.5) is 8.78 Å². The number of hydrogen-bond donors (Lipinski definition) is 2. The van der Waals surface area contributed by atoms with Crippen molar-refractivity contribution in [2.24, 2.45) is 5.73 Å². The van der Waals surface area contributed by atoms with Crippen molar-refractivity contribution in [1.82, 2.24) is 4.98 Å². The lowest BCUT2D eigenvalue weighted by Crippen LogP contribution is -2.13. The zero-order valence-electron chi connectivity index (χ0n) is 8.00. The number of rotatable bonds is 3. The molecule has 4 nitrogen and oxygen atoms in total. The molecule has 0 saturated heterocycles. The van der Waals surface area contributed by atoms with Crippen LogP contribution < -0.4 is 5.73 Å². The largest absolute Gasteiger partial charge is 0.478 e. The summed E-state index contributed by atoms with van der Waals surface area (Å²) < 4.78 is 25.3. The molecule has 0 fully saturated rings. The van der Waals surface area contributed by atoms with Crippen molar-refractivity contribution >= 4 is 5.97 Å². The lowest BCUT2D eigenvalue weighted by molar-refractivity contribution is 0.0694. The Morgan fingerprint density at radius 3 is 2.67 bits per heavy atom. The second-order valence-electron chi connectivity index (χ2n) is 2.96. The maximum atomic E-state index is 12.6. The van der Waals surface area contributed by atoms with E-state index < -0.39 is 12.4 Å². The molecule has 1 aromatic heterocycles. The first-order valence-electron chi connectivity index (χ1n) is 4.19. The van der Waals surface area contributed by atoms with Crippen LogP contribution in [-0.4, -0.2) is 16.1 Å². The van der Waals surface area contributed by atoms with E-state index >= 15 is 0 Å². The van der Waals surface area contributed by atoms with E-state index in [0.717, 1.165) is 6.20 Å². The molecular formula is C9H10F2N2O2. The van der Waals surface area contributed by atoms with Crippen molar-refractivity contribution in [3.05, 3.63) is 28.6 Å². The minimum atomic E-state index is -2.77. The quantitative estimate of drug-likeness (QED) is 0.802. The number of pyridine rings is 1. The number of nitrogens with zero attached hydrogens (tertiary/aromatic N) is 1. The molecule has 0 unspecified atom stereocenters. The molecule has 0 atom stereocenters. The number of carbonyl (C=O) groups is 1. The molecule has 0 aliphatic carbocycles. The van der Waals surface area contributed by atoms with Gasteiger partial charge in [-0.1, -0.05) is 0 Å². The summed E-state index contributed by atoms with van der Waals surface area (Å²) in [5.41, 5.74) is 4.68. The smallest absolute Gasteiger partial charge is 0.337 e. The standard InChI is InChI=1S/C9H10F2N2O2/c1-4-7(8(10)11)5(2-12)6(3-13-4)9(14)15/h3,8H,2,12H2,1H3,(H,14,15). The average Bonchev–Trinajstić information content (AvgIpc) is 2.15. The second-order valence-corrected chi connectivity index (χ2v) is 2.96. The van der Waals surface area contributed by atoms with Crippen LogP contribution in [0.3, 0.4) is 0 Å². The van der Waals surface area contributed by atoms with Gasteiger partial charge in [0.05, 0.1) is 5.56 Å². The normalized spacial score (nSPS) is 10.7. The van der Waals surface area contributed by atoms with Crippen LogP contribution in [0.2, 0.25) is 0 Å². The minimum absolute atomic E-state index is 0.0509. The zero-order chi connectivity index (χ0) is 11.6. The van der Waals surface area contributed by atoms with Gasteiger partial charge in [0.25, 0.3) is 6.43 Å². The minimum Gasteiger partial charge on any atom is -0.478 e. The number of aromatic carboxylic acids is 1. The molecule has 0 saturated carbocycles. The predicted molar refractivity (Wildman–Crippen MR) is 48.8 cm³/mol. The topological polar surface area (TPSA) is 76.2 Å². The summed E-state index contributed by atoms with van der Waals surface area (Å²) in [5.74, 6) is -1.30. The Bertz CT molecular complexity index is 394. The van der Waals surface area contributed by atoms with Gasteiger partial charge in [-0.15, -0.1) is 0 Å². The fraction of sp³-hybridized carbons (Fsp3) is 0.333. The van der Waals surface area contributed by atoms with Gasteiger partial charge in [-0.2, -0.15) is 0 Å². The Labute approximate surface area is 84.7 Å². The number of aryl methyl sites for hydroxylation is 1. The molecule has 0 aliphatic heterocycles. The summed E-state index contributed by atoms with van der Waals surface area (Å²) in [6.07, 6.45) is -1.72. The van der Waals surface area contributed by atoms with E-state index in [2.05, 4.69) is 4.98 Å². The van der Waals surface area contributed by atoms with Gasteiger partial charge in [-0.25, -0.2) is 13.6 Å². The van der Waals surface area contributed by atoms with Crippen LogP contribution in [0.1, 0.15) is 33.6 Å². The van der Waals surface area contributed by atoms with Crippen molar-refractivity contribution in [2.45, 2.75) is 19.9 Å². The highest BCUT2D eigenvalue weighted by atomic mass is 19.3. The number of nitrogens with two attached hydrogens (primary N) is 1. The van der Waals surface area contributed by atoms with Crippen molar-refractivity contribution < 1.29 is 18.7 Å². The Kier molecular flexibility index (Phi) is 3.31. The molecule has 0 bridgehead atoms. The lowest BCUT2D eigenvalue weighted by atomic mass is 10.0. The van der Waals surface area contributed by atoms with E-state index in [9.17, 15) is 13.6 Å². The average molecular weight is 216 g/mol. The maximum Gasteiger partial charge on any atom is 0.337 e. The molecule has 6 heteroatoms. The number of halogens is 2. The van der Waals surface area contributed by atoms with Gasteiger partial charge in [0, 0.05) is 24.0 Å². The van der Waals surface area contributed by atoms with Crippen LogP contribution in [0.15, 0.2) is 6.20 Å². The van der Waals surface area contributed by atoms with Crippen LogP contribution >= 0.6 is 0 Å². The number of alkyl halides is 2. The summed E-state index contributed by atoms with van der Waals surface area (Å²) in [7, 11) is 0. The molecule has 82 valence electrons. The van der Waals surface area contributed by atoms with E-state index in [1.807, 2.05) is 0 Å². The monoisotopic (exact) mass is 216 g/mol. The van der Waals surface area contributed by atoms with Crippen molar-refractivity contribution in [3.63, 3.8) is 0 Å². The third-order valence-electron chi connectivity index (χ3n) is 2.08. The Morgan fingerprint density at radius 1 is 1.67 bits per heavy atom. The highest BCUT2D eigenvalue weighted by Crippen LogP contribution is 2.27. The molecule has 0 amide bonds. The first kappa shape index (κ1) is 11.5. The van der Waals surface area contributed by atoms with Gasteiger partial charge in [0.15, 0.2) is 0 Å². The zero-order valence-corrected chi connectivity index (χ0v) is 8.00. The Hall–Kier alpha value is -1.56. The summed E-state index contributed by atoms with van der Waals surface area (Å²) in [6, 6.07) is 0. The van der Waals surface area contributed by atoms with Gasteiger partial charge < -0.3 is 10.8 Å². The highest BCUT2D eigenvalue weighted by Gasteiger charge is 2.21. The molecular weight excluding hydrogens is 206 g/mol. The molecule has 0 spiro atoms. The molecule has 15 heavy (non-hydrogen) atoms. The second kappa shape index (κ2) is 4.31. The predicted octanol–water partition coefficient (Wildman–Crippen LogP) is 1.48. The number of carboxylic acids is 1. The van der Waals surface area contributed by atoms with Crippen LogP contribution in [0, 0.1) is 6.92 Å². The first-order valence-corrected chi connectivity index (χ1v) is 4.19. The molecule has 1 aromatic rings. The van der Waals surface area contributed by atoms with Gasteiger partial charge in [0.2, 0.25) is 0 Å². The molecule has 1 rings (SSSR count). The van der Waals surface area contributed by atoms with Crippen LogP contribution in [0.5, 0.6) is 0 Å². The SMILES string of the molecule is Cc1ncc(C(=O)O)c(CN)c1C(F)F. The summed E-state index contributed by atoms with van der Waals surface area (Å²) in [5, 5.41) is 8.75. The maximum absolute atomic E-state index is 12.6. The highest BCUT2D eigenvalue weighted by molar-refractivity contribution is 5.89. The summed E-state index contributed by atoms with van der Waals surface area (Å²) in [6.45, 7) is 1.15. The summed E-state index contributed by atoms with van der Waals surface area (Å²) in [4.78, 5) is 14.3. The van der Waals surface area contributed by atoms with Gasteiger partial charge in [0.1, 0.15) is 0 Å². The summed E-state index contributed by atoms with van der Waals surface area (Å²) >= 11 is 0. The molecule has 0 radical (unpaired) electrons. The van der Waals surface area contributed by atoms with E-state index in [1.54, 1.807) is 0 Å². The van der Waals surface area contributed by atoms with Crippen molar-refractivity contribution in [1.29, 1.82) is 0 Å². The van der Waals surface area contributed by atoms with E-state index in [0.29, 0.717) is 0 Å². The molecule has 1 heterocycles. The number of aromatic nitrogens is 1. The van der Waals surface area contributed by atoms with Gasteiger partial charge >= 0.3 is 5.97 Å².